The fourth-order valence-corrected chi connectivity index (χ4v) is 1.55. The predicted octanol–water partition coefficient (Wildman–Crippen LogP) is 2.80. The van der Waals surface area contributed by atoms with Crippen molar-refractivity contribution in [3.05, 3.63) is 57.1 Å². The maximum Gasteiger partial charge on any atom is 0.331 e. The first kappa shape index (κ1) is 13.1. The number of nitrogens with two attached hydrogens (primary N) is 1. The number of hydrogen-bond donors (Lipinski definition) is 1. The normalized spacial score (nSPS) is 10.2. The maximum absolute atomic E-state index is 10.8. The Morgan fingerprint density at radius 3 is 2.58 bits per heavy atom. The van der Waals surface area contributed by atoms with Gasteiger partial charge in [-0.05, 0) is 23.8 Å². The summed E-state index contributed by atoms with van der Waals surface area (Å²) in [6.07, 6.45) is 0. The lowest BCUT2D eigenvalue weighted by Crippen LogP contribution is -2.02. The van der Waals surface area contributed by atoms with E-state index >= 15 is 0 Å². The molecule has 1 aromatic heterocycles. The highest BCUT2D eigenvalue weighted by Crippen LogP contribution is 2.26. The van der Waals surface area contributed by atoms with Crippen molar-refractivity contribution >= 4 is 23.1 Å². The number of aromatic nitrogens is 1. The Morgan fingerprint density at radius 1 is 1.26 bits per heavy atom. The van der Waals surface area contributed by atoms with E-state index in [0.717, 1.165) is 5.56 Å². The van der Waals surface area contributed by atoms with Gasteiger partial charge < -0.3 is 10.5 Å². The van der Waals surface area contributed by atoms with Gasteiger partial charge in [0.25, 0.3) is 5.88 Å². The van der Waals surface area contributed by atoms with Gasteiger partial charge in [-0.3, -0.25) is 10.1 Å². The molecule has 0 aliphatic carbocycles. The van der Waals surface area contributed by atoms with E-state index in [1.54, 1.807) is 24.3 Å². The predicted molar refractivity (Wildman–Crippen MR) is 71.1 cm³/mol. The number of benzene rings is 1. The highest BCUT2D eigenvalue weighted by molar-refractivity contribution is 6.30. The molecule has 0 saturated carbocycles. The minimum absolute atomic E-state index is 0.0973. The first-order valence-corrected chi connectivity index (χ1v) is 5.72. The first-order valence-electron chi connectivity index (χ1n) is 5.34. The number of nitrogens with zero attached hydrogens (tertiary/aromatic N) is 2. The van der Waals surface area contributed by atoms with E-state index < -0.39 is 4.92 Å². The van der Waals surface area contributed by atoms with Crippen LogP contribution < -0.4 is 10.5 Å². The summed E-state index contributed by atoms with van der Waals surface area (Å²) in [6.45, 7) is 0.147. The summed E-state index contributed by atoms with van der Waals surface area (Å²) in [5.74, 6) is 0.0663. The molecule has 1 heterocycles. The smallest absolute Gasteiger partial charge is 0.331 e. The summed E-state index contributed by atoms with van der Waals surface area (Å²) in [7, 11) is 0. The number of pyridine rings is 1. The van der Waals surface area contributed by atoms with Gasteiger partial charge in [0.15, 0.2) is 0 Å². The molecule has 0 bridgehead atoms. The average molecular weight is 280 g/mol. The molecule has 0 amide bonds. The number of nitrogen functional groups attached to an aromatic ring is 1. The first-order chi connectivity index (χ1) is 9.06. The zero-order valence-electron chi connectivity index (χ0n) is 9.75. The maximum atomic E-state index is 10.8. The fourth-order valence-electron chi connectivity index (χ4n) is 1.42. The van der Waals surface area contributed by atoms with Crippen molar-refractivity contribution in [3.63, 3.8) is 0 Å². The van der Waals surface area contributed by atoms with Gasteiger partial charge in [0.1, 0.15) is 12.4 Å². The molecule has 19 heavy (non-hydrogen) atoms. The number of anilines is 1. The number of ether oxygens (including phenoxy) is 1. The van der Waals surface area contributed by atoms with Gasteiger partial charge in [-0.2, -0.15) is 4.98 Å². The standard InChI is InChI=1S/C12H10ClN3O3/c13-9-3-1-8(2-4-9)7-19-12-10(16(17)18)5-6-11(14)15-12/h1-6H,7H2,(H2,14,15). The van der Waals surface area contributed by atoms with Crippen molar-refractivity contribution in [2.45, 2.75) is 6.61 Å². The molecule has 2 N–H and O–H groups in total. The molecule has 1 aromatic carbocycles. The molecule has 0 radical (unpaired) electrons. The van der Waals surface area contributed by atoms with Crippen LogP contribution in [0.15, 0.2) is 36.4 Å². The monoisotopic (exact) mass is 279 g/mol. The van der Waals surface area contributed by atoms with Gasteiger partial charge in [0.05, 0.1) is 4.92 Å². The summed E-state index contributed by atoms with van der Waals surface area (Å²) in [5, 5.41) is 11.4. The molecular weight excluding hydrogens is 270 g/mol. The molecule has 0 aliphatic heterocycles. The lowest BCUT2D eigenvalue weighted by Gasteiger charge is -2.06. The van der Waals surface area contributed by atoms with Gasteiger partial charge >= 0.3 is 5.69 Å². The Hall–Kier alpha value is -2.34. The third-order valence-electron chi connectivity index (χ3n) is 2.35. The van der Waals surface area contributed by atoms with Crippen LogP contribution in [-0.2, 0) is 6.61 Å². The van der Waals surface area contributed by atoms with Crippen molar-refractivity contribution in [3.8, 4) is 5.88 Å². The molecular formula is C12H10ClN3O3. The van der Waals surface area contributed by atoms with Crippen molar-refractivity contribution in [2.24, 2.45) is 0 Å². The van der Waals surface area contributed by atoms with Crippen molar-refractivity contribution in [1.82, 2.24) is 4.98 Å². The van der Waals surface area contributed by atoms with Crippen LogP contribution in [0.1, 0.15) is 5.56 Å². The summed E-state index contributed by atoms with van der Waals surface area (Å²) in [5.41, 5.74) is 6.09. The zero-order valence-corrected chi connectivity index (χ0v) is 10.5. The van der Waals surface area contributed by atoms with Crippen LogP contribution in [0, 0.1) is 10.1 Å². The molecule has 0 saturated heterocycles. The highest BCUT2D eigenvalue weighted by atomic mass is 35.5. The molecule has 0 atom stereocenters. The summed E-state index contributed by atoms with van der Waals surface area (Å²) < 4.78 is 5.33. The molecule has 0 fully saturated rings. The Kier molecular flexibility index (Phi) is 3.82. The van der Waals surface area contributed by atoms with Gasteiger partial charge in [-0.25, -0.2) is 0 Å². The molecule has 0 unspecified atom stereocenters. The average Bonchev–Trinajstić information content (AvgIpc) is 2.38. The van der Waals surface area contributed by atoms with Gasteiger partial charge in [0.2, 0.25) is 0 Å². The quantitative estimate of drug-likeness (QED) is 0.686. The summed E-state index contributed by atoms with van der Waals surface area (Å²) in [6, 6.07) is 9.57. The van der Waals surface area contributed by atoms with Crippen molar-refractivity contribution < 1.29 is 9.66 Å². The second-order valence-electron chi connectivity index (χ2n) is 3.73. The second-order valence-corrected chi connectivity index (χ2v) is 4.17. The van der Waals surface area contributed by atoms with E-state index in [9.17, 15) is 10.1 Å². The summed E-state index contributed by atoms with van der Waals surface area (Å²) in [4.78, 5) is 14.1. The molecule has 0 spiro atoms. The van der Waals surface area contributed by atoms with E-state index in [1.807, 2.05) is 0 Å². The molecule has 2 rings (SSSR count). The molecule has 6 nitrogen and oxygen atoms in total. The Labute approximate surface area is 113 Å². The van der Waals surface area contributed by atoms with E-state index in [-0.39, 0.29) is 24.0 Å². The van der Waals surface area contributed by atoms with Crippen LogP contribution in [0.5, 0.6) is 5.88 Å². The highest BCUT2D eigenvalue weighted by Gasteiger charge is 2.17. The van der Waals surface area contributed by atoms with Gasteiger partial charge in [-0.1, -0.05) is 23.7 Å². The third kappa shape index (κ3) is 3.32. The van der Waals surface area contributed by atoms with E-state index in [4.69, 9.17) is 22.1 Å². The van der Waals surface area contributed by atoms with Crippen LogP contribution in [0.25, 0.3) is 0 Å². The van der Waals surface area contributed by atoms with Crippen LogP contribution in [0.2, 0.25) is 5.02 Å². The minimum atomic E-state index is -0.566. The largest absolute Gasteiger partial charge is 0.468 e. The Morgan fingerprint density at radius 2 is 1.95 bits per heavy atom. The lowest BCUT2D eigenvalue weighted by molar-refractivity contribution is -0.386. The van der Waals surface area contributed by atoms with Crippen LogP contribution in [-0.4, -0.2) is 9.91 Å². The Balaban J connectivity index is 2.16. The van der Waals surface area contributed by atoms with Crippen LogP contribution in [0.4, 0.5) is 11.5 Å². The van der Waals surface area contributed by atoms with E-state index in [2.05, 4.69) is 4.98 Å². The third-order valence-corrected chi connectivity index (χ3v) is 2.60. The molecule has 0 aliphatic rings. The number of nitro groups is 1. The SMILES string of the molecule is Nc1ccc([N+](=O)[O-])c(OCc2ccc(Cl)cc2)n1. The topological polar surface area (TPSA) is 91.3 Å². The van der Waals surface area contributed by atoms with Crippen LogP contribution >= 0.6 is 11.6 Å². The van der Waals surface area contributed by atoms with Gasteiger partial charge in [0, 0.05) is 11.1 Å². The van der Waals surface area contributed by atoms with E-state index in [1.165, 1.54) is 12.1 Å². The van der Waals surface area contributed by atoms with Crippen molar-refractivity contribution in [1.29, 1.82) is 0 Å². The molecule has 2 aromatic rings. The number of rotatable bonds is 4. The fraction of sp³-hybridized carbons (Fsp3) is 0.0833. The lowest BCUT2D eigenvalue weighted by atomic mass is 10.2. The van der Waals surface area contributed by atoms with Crippen LogP contribution in [0.3, 0.4) is 0 Å². The second kappa shape index (κ2) is 5.53. The van der Waals surface area contributed by atoms with Crippen molar-refractivity contribution in [2.75, 3.05) is 5.73 Å². The van der Waals surface area contributed by atoms with E-state index in [0.29, 0.717) is 5.02 Å². The number of halogens is 1. The zero-order chi connectivity index (χ0) is 13.8. The molecule has 7 heteroatoms. The summed E-state index contributed by atoms with van der Waals surface area (Å²) >= 11 is 5.76. The minimum Gasteiger partial charge on any atom is -0.468 e. The Bertz CT molecular complexity index is 602. The molecule has 98 valence electrons. The number of hydrogen-bond acceptors (Lipinski definition) is 5. The van der Waals surface area contributed by atoms with Gasteiger partial charge in [-0.15, -0.1) is 0 Å².